The van der Waals surface area contributed by atoms with Crippen LogP contribution in [0.5, 0.6) is 0 Å². The Balaban J connectivity index is 1.66. The maximum atomic E-state index is 4.63. The molecule has 1 fully saturated rings. The fraction of sp³-hybridized carbons (Fsp3) is 0.444. The van der Waals surface area contributed by atoms with E-state index in [0.717, 1.165) is 55.8 Å². The number of aromatic nitrogens is 5. The highest BCUT2D eigenvalue weighted by Crippen LogP contribution is 2.26. The minimum atomic E-state index is 0.689. The van der Waals surface area contributed by atoms with Crippen molar-refractivity contribution in [2.75, 3.05) is 36.0 Å². The van der Waals surface area contributed by atoms with E-state index in [0.29, 0.717) is 5.78 Å². The van der Waals surface area contributed by atoms with E-state index in [2.05, 4.69) is 49.8 Å². The largest absolute Gasteiger partial charge is 0.353 e. The molecule has 1 aliphatic rings. The van der Waals surface area contributed by atoms with Crippen molar-refractivity contribution in [2.45, 2.75) is 27.2 Å². The van der Waals surface area contributed by atoms with Crippen LogP contribution < -0.4 is 9.80 Å². The third-order valence-corrected chi connectivity index (χ3v) is 4.78. The summed E-state index contributed by atoms with van der Waals surface area (Å²) >= 11 is 0. The normalized spacial score (nSPS) is 15.2. The van der Waals surface area contributed by atoms with Crippen molar-refractivity contribution >= 4 is 17.4 Å². The molecule has 0 radical (unpaired) electrons. The fourth-order valence-corrected chi connectivity index (χ4v) is 3.55. The van der Waals surface area contributed by atoms with E-state index >= 15 is 0 Å². The quantitative estimate of drug-likeness (QED) is 0.729. The molecule has 0 N–H and O–H groups in total. The number of aryl methyl sites for hydroxylation is 2. The van der Waals surface area contributed by atoms with Crippen LogP contribution in [0.25, 0.3) is 5.78 Å². The Hall–Kier alpha value is -2.70. The van der Waals surface area contributed by atoms with Gasteiger partial charge in [-0.05, 0) is 32.4 Å². The van der Waals surface area contributed by atoms with E-state index in [1.165, 1.54) is 5.56 Å². The van der Waals surface area contributed by atoms with Crippen molar-refractivity contribution in [2.24, 2.45) is 0 Å². The highest BCUT2D eigenvalue weighted by atomic mass is 15.4. The van der Waals surface area contributed by atoms with Crippen molar-refractivity contribution in [1.82, 2.24) is 24.6 Å². The van der Waals surface area contributed by atoms with Gasteiger partial charge in [-0.1, -0.05) is 13.0 Å². The summed E-state index contributed by atoms with van der Waals surface area (Å²) in [5.74, 6) is 3.64. The van der Waals surface area contributed by atoms with Crippen LogP contribution in [0.15, 0.2) is 24.4 Å². The van der Waals surface area contributed by atoms with Crippen molar-refractivity contribution in [3.63, 3.8) is 0 Å². The van der Waals surface area contributed by atoms with Gasteiger partial charge in [0.25, 0.3) is 5.78 Å². The lowest BCUT2D eigenvalue weighted by molar-refractivity contribution is 0.629. The van der Waals surface area contributed by atoms with E-state index in [1.54, 1.807) is 0 Å². The zero-order chi connectivity index (χ0) is 17.4. The molecule has 3 aromatic heterocycles. The number of hydrogen-bond acceptors (Lipinski definition) is 6. The van der Waals surface area contributed by atoms with Crippen LogP contribution in [-0.4, -0.2) is 50.7 Å². The Morgan fingerprint density at radius 1 is 1.00 bits per heavy atom. The summed E-state index contributed by atoms with van der Waals surface area (Å²) in [6, 6.07) is 6.07. The Labute approximate surface area is 147 Å². The smallest absolute Gasteiger partial charge is 0.254 e. The molecule has 3 aromatic rings. The van der Waals surface area contributed by atoms with Crippen LogP contribution in [0.1, 0.15) is 24.0 Å². The molecule has 25 heavy (non-hydrogen) atoms. The Kier molecular flexibility index (Phi) is 3.99. The van der Waals surface area contributed by atoms with Gasteiger partial charge in [0, 0.05) is 43.6 Å². The molecule has 0 aromatic carbocycles. The first-order valence-corrected chi connectivity index (χ1v) is 8.81. The summed E-state index contributed by atoms with van der Waals surface area (Å²) < 4.78 is 1.91. The van der Waals surface area contributed by atoms with Gasteiger partial charge in [0.1, 0.15) is 17.5 Å². The van der Waals surface area contributed by atoms with Gasteiger partial charge in [-0.15, -0.1) is 5.10 Å². The lowest BCUT2D eigenvalue weighted by Crippen LogP contribution is -2.47. The molecule has 4 rings (SSSR count). The number of pyridine rings is 1. The molecule has 130 valence electrons. The molecule has 7 nitrogen and oxygen atoms in total. The van der Waals surface area contributed by atoms with E-state index in [9.17, 15) is 0 Å². The Morgan fingerprint density at radius 3 is 2.44 bits per heavy atom. The third kappa shape index (κ3) is 2.79. The molecule has 0 saturated carbocycles. The molecule has 1 saturated heterocycles. The summed E-state index contributed by atoms with van der Waals surface area (Å²) in [5, 5.41) is 4.59. The van der Waals surface area contributed by atoms with Crippen molar-refractivity contribution in [1.29, 1.82) is 0 Å². The van der Waals surface area contributed by atoms with Gasteiger partial charge in [-0.25, -0.2) is 9.97 Å². The molecular formula is C18H23N7. The molecule has 0 bridgehead atoms. The molecule has 0 spiro atoms. The van der Waals surface area contributed by atoms with Crippen molar-refractivity contribution in [3.8, 4) is 0 Å². The molecular weight excluding hydrogens is 314 g/mol. The standard InChI is InChI=1S/C18H23N7/c1-4-15-13(2)20-18-21-14(3)22-25(18)17(15)24-11-9-23(10-12-24)16-7-5-6-8-19-16/h5-8H,4,9-12H2,1-3H3. The van der Waals surface area contributed by atoms with E-state index in [-0.39, 0.29) is 0 Å². The average molecular weight is 337 g/mol. The maximum Gasteiger partial charge on any atom is 0.254 e. The number of hydrogen-bond donors (Lipinski definition) is 0. The van der Waals surface area contributed by atoms with E-state index in [1.807, 2.05) is 29.8 Å². The first-order valence-electron chi connectivity index (χ1n) is 8.81. The number of anilines is 2. The van der Waals surface area contributed by atoms with Crippen LogP contribution in [0.4, 0.5) is 11.6 Å². The molecule has 1 aliphatic heterocycles. The highest BCUT2D eigenvalue weighted by Gasteiger charge is 2.24. The molecule has 0 aliphatic carbocycles. The molecule has 7 heteroatoms. The molecule has 0 unspecified atom stereocenters. The summed E-state index contributed by atoms with van der Waals surface area (Å²) in [5.41, 5.74) is 2.30. The minimum absolute atomic E-state index is 0.689. The van der Waals surface area contributed by atoms with Gasteiger partial charge in [0.05, 0.1) is 0 Å². The minimum Gasteiger partial charge on any atom is -0.353 e. The fourth-order valence-electron chi connectivity index (χ4n) is 3.55. The van der Waals surface area contributed by atoms with Gasteiger partial charge in [0.15, 0.2) is 0 Å². The predicted molar refractivity (Wildman–Crippen MR) is 98.3 cm³/mol. The second kappa shape index (κ2) is 6.31. The van der Waals surface area contributed by atoms with Crippen molar-refractivity contribution in [3.05, 3.63) is 41.5 Å². The second-order valence-electron chi connectivity index (χ2n) is 6.39. The summed E-state index contributed by atoms with van der Waals surface area (Å²) in [7, 11) is 0. The van der Waals surface area contributed by atoms with Crippen molar-refractivity contribution < 1.29 is 0 Å². The van der Waals surface area contributed by atoms with Crippen LogP contribution >= 0.6 is 0 Å². The zero-order valence-corrected chi connectivity index (χ0v) is 15.0. The first-order chi connectivity index (χ1) is 12.2. The zero-order valence-electron chi connectivity index (χ0n) is 15.0. The van der Waals surface area contributed by atoms with E-state index in [4.69, 9.17) is 0 Å². The monoisotopic (exact) mass is 337 g/mol. The number of rotatable bonds is 3. The molecule has 4 heterocycles. The topological polar surface area (TPSA) is 62.5 Å². The van der Waals surface area contributed by atoms with Crippen LogP contribution in [0, 0.1) is 13.8 Å². The number of nitrogens with zero attached hydrogens (tertiary/aromatic N) is 7. The number of piperazine rings is 1. The van der Waals surface area contributed by atoms with Gasteiger partial charge >= 0.3 is 0 Å². The summed E-state index contributed by atoms with van der Waals surface area (Å²) in [6.45, 7) is 9.90. The lowest BCUT2D eigenvalue weighted by Gasteiger charge is -2.37. The van der Waals surface area contributed by atoms with E-state index < -0.39 is 0 Å². The first kappa shape index (κ1) is 15.8. The predicted octanol–water partition coefficient (Wildman–Crippen LogP) is 2.03. The van der Waals surface area contributed by atoms with Crippen LogP contribution in [0.2, 0.25) is 0 Å². The average Bonchev–Trinajstić information content (AvgIpc) is 3.01. The Morgan fingerprint density at radius 2 is 1.76 bits per heavy atom. The van der Waals surface area contributed by atoms with Crippen LogP contribution in [0.3, 0.4) is 0 Å². The second-order valence-corrected chi connectivity index (χ2v) is 6.39. The van der Waals surface area contributed by atoms with Crippen LogP contribution in [-0.2, 0) is 6.42 Å². The lowest BCUT2D eigenvalue weighted by atomic mass is 10.1. The van der Waals surface area contributed by atoms with Gasteiger partial charge in [-0.3, -0.25) is 0 Å². The highest BCUT2D eigenvalue weighted by molar-refractivity contribution is 5.56. The van der Waals surface area contributed by atoms with Gasteiger partial charge < -0.3 is 9.80 Å². The molecule has 0 atom stereocenters. The summed E-state index contributed by atoms with van der Waals surface area (Å²) in [6.07, 6.45) is 2.79. The van der Waals surface area contributed by atoms with Gasteiger partial charge in [-0.2, -0.15) is 9.50 Å². The Bertz CT molecular complexity index is 879. The molecule has 0 amide bonds. The summed E-state index contributed by atoms with van der Waals surface area (Å²) in [4.78, 5) is 18.3. The third-order valence-electron chi connectivity index (χ3n) is 4.78. The number of fused-ring (bicyclic) bond motifs is 1. The maximum absolute atomic E-state index is 4.63. The van der Waals surface area contributed by atoms with Gasteiger partial charge in [0.2, 0.25) is 0 Å². The SMILES string of the molecule is CCc1c(C)nc2nc(C)nn2c1N1CCN(c2ccccn2)CC1.